The molecule has 0 aromatic heterocycles. The van der Waals surface area contributed by atoms with Crippen molar-refractivity contribution in [3.05, 3.63) is 58.0 Å². The van der Waals surface area contributed by atoms with Gasteiger partial charge in [0.05, 0.1) is 29.0 Å². The standard InChI is InChI=1S/C48H65BrN4O10/c1-25(2)24-53-19-17-48(18-20-53)51-36-33-34-39(55)30(7)43-35(33)44(57)47(11,63-43)60-21-13-16-27(4)41(61-32(54)23-49)31(8)42(62-46(9,10)59)29(6)22-26(3)14-12-15-28(5)45(58)50-38(40(34)56)37(36)52-48/h12-15,21,25-27,29,31,41-42,51,55-56,59H,16-20,22-24H2,1-11H3/b14-12+,21-13+,28-15-,50-38?/t26?,27-,29-,31+,41?,42?,47?/m1/s1. The molecule has 14 nitrogen and oxygen atoms in total. The average Bonchev–Trinajstić information content (AvgIpc) is 3.71. The molecule has 0 aliphatic carbocycles. The fourth-order valence-electron chi connectivity index (χ4n) is 9.57. The summed E-state index contributed by atoms with van der Waals surface area (Å²) in [6.07, 6.45) is 9.60. The normalized spacial score (nSPS) is 29.9. The first-order valence-electron chi connectivity index (χ1n) is 22.1. The number of ether oxygens (including phenoxy) is 4. The Morgan fingerprint density at radius 2 is 1.73 bits per heavy atom. The van der Waals surface area contributed by atoms with Crippen LogP contribution in [-0.4, -0.2) is 92.3 Å². The van der Waals surface area contributed by atoms with Gasteiger partial charge in [0.15, 0.2) is 11.5 Å². The third kappa shape index (κ3) is 10.0. The van der Waals surface area contributed by atoms with E-state index in [1.807, 2.05) is 33.8 Å². The molecule has 7 rings (SSSR count). The van der Waals surface area contributed by atoms with Gasteiger partial charge in [-0.15, -0.1) is 0 Å². The number of Topliss-reactive ketones (excluding diaryl/α,β-unsaturated/α-hetero) is 1. The van der Waals surface area contributed by atoms with E-state index < -0.39 is 52.9 Å². The first-order valence-corrected chi connectivity index (χ1v) is 23.3. The number of fused-ring (bicyclic) bond motifs is 13. The van der Waals surface area contributed by atoms with Crippen LogP contribution in [-0.2, 0) is 23.8 Å². The predicted molar refractivity (Wildman–Crippen MR) is 243 cm³/mol. The summed E-state index contributed by atoms with van der Waals surface area (Å²) in [6.45, 7) is 22.6. The zero-order valence-corrected chi connectivity index (χ0v) is 40.1. The Hall–Kier alpha value is -4.31. The van der Waals surface area contributed by atoms with Gasteiger partial charge < -0.3 is 44.5 Å². The first-order chi connectivity index (χ1) is 29.5. The van der Waals surface area contributed by atoms with Crippen LogP contribution < -0.4 is 20.8 Å². The summed E-state index contributed by atoms with van der Waals surface area (Å²) in [5.41, 5.74) is 0.126. The lowest BCUT2D eigenvalue weighted by Crippen LogP contribution is -2.47. The molecule has 0 saturated carbocycles. The zero-order valence-electron chi connectivity index (χ0n) is 38.5. The number of halogens is 1. The molecule has 1 saturated heterocycles. The molecule has 2 aromatic rings. The number of aliphatic hydroxyl groups is 1. The third-order valence-electron chi connectivity index (χ3n) is 12.7. The summed E-state index contributed by atoms with van der Waals surface area (Å²) in [7, 11) is 0. The van der Waals surface area contributed by atoms with E-state index in [0.717, 1.165) is 19.6 Å². The Labute approximate surface area is 378 Å². The van der Waals surface area contributed by atoms with Crippen LogP contribution in [0.3, 0.4) is 0 Å². The molecule has 5 aliphatic heterocycles. The summed E-state index contributed by atoms with van der Waals surface area (Å²) in [4.78, 5) is 53.5. The van der Waals surface area contributed by atoms with E-state index in [1.165, 1.54) is 13.2 Å². The minimum Gasteiger partial charge on any atom is -0.507 e. The number of nitrogens with one attached hydrogen (secondary N) is 1. The number of nitrogens with zero attached hydrogens (tertiary/aromatic N) is 3. The van der Waals surface area contributed by atoms with Crippen molar-refractivity contribution in [2.45, 2.75) is 131 Å². The number of allylic oxidation sites excluding steroid dienone is 4. The number of alkyl halides is 1. The molecule has 5 bridgehead atoms. The Morgan fingerprint density at radius 3 is 2.37 bits per heavy atom. The quantitative estimate of drug-likeness (QED) is 0.0983. The van der Waals surface area contributed by atoms with E-state index in [0.29, 0.717) is 37.3 Å². The molecule has 4 unspecified atom stereocenters. The maximum atomic E-state index is 14.7. The van der Waals surface area contributed by atoms with Crippen molar-refractivity contribution in [3.8, 4) is 17.2 Å². The van der Waals surface area contributed by atoms with Crippen LogP contribution in [0.15, 0.2) is 46.1 Å². The van der Waals surface area contributed by atoms with E-state index in [2.05, 4.69) is 45.0 Å². The van der Waals surface area contributed by atoms with E-state index in [9.17, 15) is 29.7 Å². The molecule has 7 atom stereocenters. The number of amides is 1. The van der Waals surface area contributed by atoms with Crippen LogP contribution >= 0.6 is 15.9 Å². The summed E-state index contributed by atoms with van der Waals surface area (Å²) < 4.78 is 24.8. The van der Waals surface area contributed by atoms with Crippen LogP contribution in [0.5, 0.6) is 17.2 Å². The number of aromatic hydroxyl groups is 2. The van der Waals surface area contributed by atoms with Crippen LogP contribution in [0.4, 0.5) is 5.69 Å². The van der Waals surface area contributed by atoms with Crippen molar-refractivity contribution >= 4 is 50.0 Å². The van der Waals surface area contributed by atoms with E-state index >= 15 is 0 Å². The number of likely N-dealkylation sites (tertiary alicyclic amines) is 1. The van der Waals surface area contributed by atoms with Gasteiger partial charge in [-0.2, -0.15) is 0 Å². The Kier molecular flexibility index (Phi) is 14.3. The number of carbonyl (C=O) groups is 3. The number of phenolic OH excluding ortho intramolecular Hbond substituents is 2. The highest BCUT2D eigenvalue weighted by Crippen LogP contribution is 2.51. The molecule has 5 aliphatic rings. The first kappa shape index (κ1) is 48.2. The Morgan fingerprint density at radius 1 is 1.05 bits per heavy atom. The predicted octanol–water partition coefficient (Wildman–Crippen LogP) is 7.28. The number of phenols is 2. The van der Waals surface area contributed by atoms with Gasteiger partial charge in [-0.1, -0.05) is 75.7 Å². The van der Waals surface area contributed by atoms with Gasteiger partial charge >= 0.3 is 11.8 Å². The number of benzene rings is 2. The Balaban J connectivity index is 1.51. The van der Waals surface area contributed by atoms with Gasteiger partial charge in [-0.25, -0.2) is 4.99 Å². The summed E-state index contributed by atoms with van der Waals surface area (Å²) in [5.74, 6) is -5.97. The summed E-state index contributed by atoms with van der Waals surface area (Å²) in [5, 5.41) is 38.7. The topological polar surface area (TPSA) is 189 Å². The highest BCUT2D eigenvalue weighted by atomic mass is 79.9. The largest absolute Gasteiger partial charge is 0.507 e. The highest BCUT2D eigenvalue weighted by molar-refractivity contribution is 9.09. The van der Waals surface area contributed by atoms with Crippen molar-refractivity contribution in [3.63, 3.8) is 0 Å². The average molecular weight is 938 g/mol. The van der Waals surface area contributed by atoms with Gasteiger partial charge in [0.25, 0.3) is 11.7 Å². The van der Waals surface area contributed by atoms with Crippen molar-refractivity contribution in [1.29, 1.82) is 0 Å². The Bertz CT molecular complexity index is 2340. The van der Waals surface area contributed by atoms with Crippen LogP contribution in [0, 0.1) is 36.5 Å². The lowest BCUT2D eigenvalue weighted by Gasteiger charge is -2.40. The van der Waals surface area contributed by atoms with Crippen LogP contribution in [0.25, 0.3) is 10.8 Å². The number of esters is 1. The summed E-state index contributed by atoms with van der Waals surface area (Å²) in [6, 6.07) is 0. The number of hydrogen-bond acceptors (Lipinski definition) is 13. The SMILES string of the molecule is C/C1=C/C=C/C(C)C[C@@H](C)C(OC(C)(C)O)[C@@H](C)C(OC(=O)CBr)[C@H](C)C/C=C/OC2(C)Oc3c(C)c(O)c4c(O)c(c5c(c4c3C2=O)NC2(CCN(CC(C)C)CC2)N=5)=NC1=O. The monoisotopic (exact) mass is 936 g/mol. The zero-order chi connectivity index (χ0) is 46.3. The van der Waals surface area contributed by atoms with Crippen molar-refractivity contribution in [1.82, 2.24) is 4.90 Å². The second-order valence-corrected chi connectivity index (χ2v) is 19.8. The molecule has 0 radical (unpaired) electrons. The number of carbonyl (C=O) groups excluding carboxylic acids is 3. The van der Waals surface area contributed by atoms with E-state index in [-0.39, 0.29) is 78.7 Å². The van der Waals surface area contributed by atoms with Gasteiger partial charge in [0, 0.05) is 61.8 Å². The molecular weight excluding hydrogens is 872 g/mol. The molecular formula is C48H65BrN4O10. The van der Waals surface area contributed by atoms with E-state index in [1.54, 1.807) is 45.9 Å². The number of hydrogen-bond donors (Lipinski definition) is 4. The highest BCUT2D eigenvalue weighted by Gasteiger charge is 2.50. The van der Waals surface area contributed by atoms with Crippen LogP contribution in [0.1, 0.15) is 111 Å². The number of piperidine rings is 1. The van der Waals surface area contributed by atoms with Crippen molar-refractivity contribution < 1.29 is 48.7 Å². The number of anilines is 1. The molecule has 2 aromatic carbocycles. The second kappa shape index (κ2) is 18.7. The van der Waals surface area contributed by atoms with Gasteiger partial charge in [-0.3, -0.25) is 19.4 Å². The minimum atomic E-state index is -1.87. The smallest absolute Gasteiger partial charge is 0.316 e. The fourth-order valence-corrected chi connectivity index (χ4v) is 9.70. The van der Waals surface area contributed by atoms with Crippen LogP contribution in [0.2, 0.25) is 0 Å². The minimum absolute atomic E-state index is 0.00243. The van der Waals surface area contributed by atoms with E-state index in [4.69, 9.17) is 23.9 Å². The molecule has 344 valence electrons. The maximum Gasteiger partial charge on any atom is 0.316 e. The van der Waals surface area contributed by atoms with Crippen molar-refractivity contribution in [2.75, 3.05) is 30.3 Å². The van der Waals surface area contributed by atoms with Crippen molar-refractivity contribution in [2.24, 2.45) is 39.6 Å². The lowest BCUT2D eigenvalue weighted by molar-refractivity contribution is -0.237. The third-order valence-corrected chi connectivity index (χ3v) is 13.2. The number of rotatable bonds is 6. The molecule has 1 amide bonds. The molecule has 15 heteroatoms. The van der Waals surface area contributed by atoms with Gasteiger partial charge in [0.1, 0.15) is 39.3 Å². The van der Waals surface area contributed by atoms with Gasteiger partial charge in [0.2, 0.25) is 0 Å². The molecule has 4 N–H and O–H groups in total. The molecule has 1 fully saturated rings. The lowest BCUT2D eigenvalue weighted by atomic mass is 9.80. The van der Waals surface area contributed by atoms with Gasteiger partial charge in [-0.05, 0) is 70.3 Å². The summed E-state index contributed by atoms with van der Waals surface area (Å²) >= 11 is 3.23. The maximum absolute atomic E-state index is 14.7. The second-order valence-electron chi connectivity index (χ2n) is 19.2. The molecule has 63 heavy (non-hydrogen) atoms. The number of ketones is 1. The molecule has 5 heterocycles. The fraction of sp³-hybridized carbons (Fsp3) is 0.604. The molecule has 1 spiro atoms.